The Hall–Kier alpha value is -0.120. The number of aliphatic hydroxyl groups is 1. The minimum atomic E-state index is 0.242. The first-order valence-electron chi connectivity index (χ1n) is 4.80. The van der Waals surface area contributed by atoms with Gasteiger partial charge in [-0.2, -0.15) is 0 Å². The Morgan fingerprint density at radius 2 is 2.07 bits per heavy atom. The van der Waals surface area contributed by atoms with Gasteiger partial charge in [-0.15, -0.1) is 0 Å². The minimum absolute atomic E-state index is 0.242. The van der Waals surface area contributed by atoms with Crippen LogP contribution in [0.15, 0.2) is 29.2 Å². The molecule has 0 aliphatic carbocycles. The van der Waals surface area contributed by atoms with E-state index in [2.05, 4.69) is 31.2 Å². The Bertz CT molecular complexity index is 276. The fourth-order valence-corrected chi connectivity index (χ4v) is 3.30. The number of aryl methyl sites for hydroxylation is 1. The van der Waals surface area contributed by atoms with E-state index >= 15 is 0 Å². The molecule has 3 heteroatoms. The average Bonchev–Trinajstić information content (AvgIpc) is 2.26. The first-order valence-corrected chi connectivity index (χ1v) is 7.01. The maximum Gasteiger partial charge on any atom is 0.0555 e. The van der Waals surface area contributed by atoms with Gasteiger partial charge >= 0.3 is 0 Å². The van der Waals surface area contributed by atoms with Crippen molar-refractivity contribution in [2.24, 2.45) is 0 Å². The standard InChI is InChI=1S/C11H16OS2/c1-3-10-6-4-5-7-11(10)14-13-9(2)8-12/h4-7,9,12H,3,8H2,1-2H3. The maximum absolute atomic E-state index is 8.91. The molecule has 1 unspecified atom stereocenters. The van der Waals surface area contributed by atoms with Crippen molar-refractivity contribution in [1.29, 1.82) is 0 Å². The molecule has 0 bridgehead atoms. The molecule has 1 aromatic carbocycles. The van der Waals surface area contributed by atoms with Crippen molar-refractivity contribution >= 4 is 21.6 Å². The second kappa shape index (κ2) is 6.38. The van der Waals surface area contributed by atoms with Crippen molar-refractivity contribution in [2.75, 3.05) is 6.61 Å². The van der Waals surface area contributed by atoms with Crippen LogP contribution in [0.2, 0.25) is 0 Å². The second-order valence-electron chi connectivity index (χ2n) is 3.13. The molecule has 0 aliphatic rings. The van der Waals surface area contributed by atoms with Crippen LogP contribution in [-0.4, -0.2) is 17.0 Å². The molecule has 0 aliphatic heterocycles. The largest absolute Gasteiger partial charge is 0.395 e. The molecule has 78 valence electrons. The molecule has 1 N–H and O–H groups in total. The van der Waals surface area contributed by atoms with E-state index < -0.39 is 0 Å². The zero-order valence-corrected chi connectivity index (χ0v) is 10.2. The number of hydrogen-bond donors (Lipinski definition) is 1. The minimum Gasteiger partial charge on any atom is -0.395 e. The lowest BCUT2D eigenvalue weighted by Gasteiger charge is -2.09. The van der Waals surface area contributed by atoms with Crippen LogP contribution in [0.25, 0.3) is 0 Å². The number of hydrogen-bond acceptors (Lipinski definition) is 3. The maximum atomic E-state index is 8.91. The lowest BCUT2D eigenvalue weighted by molar-refractivity contribution is 0.300. The third kappa shape index (κ3) is 3.56. The molecular formula is C11H16OS2. The van der Waals surface area contributed by atoms with Gasteiger partial charge in [-0.3, -0.25) is 0 Å². The number of benzene rings is 1. The SMILES string of the molecule is CCc1ccccc1SSC(C)CO. The summed E-state index contributed by atoms with van der Waals surface area (Å²) in [5, 5.41) is 9.20. The first kappa shape index (κ1) is 12.0. The first-order chi connectivity index (χ1) is 6.77. The molecule has 0 heterocycles. The van der Waals surface area contributed by atoms with E-state index in [1.54, 1.807) is 21.6 Å². The third-order valence-corrected chi connectivity index (χ3v) is 4.88. The summed E-state index contributed by atoms with van der Waals surface area (Å²) in [4.78, 5) is 1.32. The van der Waals surface area contributed by atoms with Gasteiger partial charge in [0.15, 0.2) is 0 Å². The van der Waals surface area contributed by atoms with Gasteiger partial charge in [0, 0.05) is 10.1 Å². The number of rotatable bonds is 5. The van der Waals surface area contributed by atoms with Gasteiger partial charge in [0.1, 0.15) is 0 Å². The molecule has 1 atom stereocenters. The van der Waals surface area contributed by atoms with E-state index in [4.69, 9.17) is 5.11 Å². The molecule has 0 aromatic heterocycles. The fourth-order valence-electron chi connectivity index (χ4n) is 1.04. The van der Waals surface area contributed by atoms with Crippen LogP contribution in [0.5, 0.6) is 0 Å². The smallest absolute Gasteiger partial charge is 0.0555 e. The van der Waals surface area contributed by atoms with E-state index in [1.165, 1.54) is 10.5 Å². The van der Waals surface area contributed by atoms with Crippen molar-refractivity contribution in [1.82, 2.24) is 0 Å². The van der Waals surface area contributed by atoms with Crippen LogP contribution in [0.3, 0.4) is 0 Å². The highest BCUT2D eigenvalue weighted by Gasteiger charge is 2.04. The van der Waals surface area contributed by atoms with E-state index in [9.17, 15) is 0 Å². The van der Waals surface area contributed by atoms with Crippen molar-refractivity contribution in [3.8, 4) is 0 Å². The Morgan fingerprint density at radius 1 is 1.36 bits per heavy atom. The summed E-state index contributed by atoms with van der Waals surface area (Å²) in [5.74, 6) is 0. The third-order valence-electron chi connectivity index (χ3n) is 1.91. The van der Waals surface area contributed by atoms with Crippen molar-refractivity contribution < 1.29 is 5.11 Å². The van der Waals surface area contributed by atoms with Crippen LogP contribution in [0.4, 0.5) is 0 Å². The monoisotopic (exact) mass is 228 g/mol. The zero-order chi connectivity index (χ0) is 10.4. The van der Waals surface area contributed by atoms with Gasteiger partial charge < -0.3 is 5.11 Å². The highest BCUT2D eigenvalue weighted by Crippen LogP contribution is 2.36. The summed E-state index contributed by atoms with van der Waals surface area (Å²) < 4.78 is 0. The van der Waals surface area contributed by atoms with E-state index in [-0.39, 0.29) is 6.61 Å². The predicted octanol–water partition coefficient (Wildman–Crippen LogP) is 3.37. The Labute approximate surface area is 93.7 Å². The molecule has 0 spiro atoms. The van der Waals surface area contributed by atoms with E-state index in [0.717, 1.165) is 6.42 Å². The highest BCUT2D eigenvalue weighted by atomic mass is 33.1. The summed E-state index contributed by atoms with van der Waals surface area (Å²) in [6.07, 6.45) is 1.07. The molecule has 0 saturated carbocycles. The second-order valence-corrected chi connectivity index (χ2v) is 5.82. The van der Waals surface area contributed by atoms with Gasteiger partial charge in [0.05, 0.1) is 6.61 Å². The molecule has 0 amide bonds. The topological polar surface area (TPSA) is 20.2 Å². The average molecular weight is 228 g/mol. The van der Waals surface area contributed by atoms with Crippen molar-refractivity contribution in [2.45, 2.75) is 30.4 Å². The van der Waals surface area contributed by atoms with E-state index in [0.29, 0.717) is 5.25 Å². The number of aliphatic hydroxyl groups excluding tert-OH is 1. The Balaban J connectivity index is 2.57. The molecule has 1 nitrogen and oxygen atoms in total. The lowest BCUT2D eigenvalue weighted by Crippen LogP contribution is -1.99. The Kier molecular flexibility index (Phi) is 5.45. The van der Waals surface area contributed by atoms with Crippen LogP contribution < -0.4 is 0 Å². The zero-order valence-electron chi connectivity index (χ0n) is 8.56. The molecule has 1 aromatic rings. The molecule has 0 radical (unpaired) electrons. The summed E-state index contributed by atoms with van der Waals surface area (Å²) in [6.45, 7) is 4.44. The van der Waals surface area contributed by atoms with Crippen molar-refractivity contribution in [3.05, 3.63) is 29.8 Å². The van der Waals surface area contributed by atoms with Crippen LogP contribution in [0, 0.1) is 0 Å². The summed E-state index contributed by atoms with van der Waals surface area (Å²) in [5.41, 5.74) is 1.38. The van der Waals surface area contributed by atoms with Crippen LogP contribution in [0.1, 0.15) is 19.4 Å². The summed E-state index contributed by atoms with van der Waals surface area (Å²) in [7, 11) is 3.49. The summed E-state index contributed by atoms with van der Waals surface area (Å²) in [6, 6.07) is 8.43. The molecule has 0 fully saturated rings. The van der Waals surface area contributed by atoms with Gasteiger partial charge in [0.25, 0.3) is 0 Å². The molecule has 14 heavy (non-hydrogen) atoms. The normalized spacial score (nSPS) is 12.8. The molecule has 1 rings (SSSR count). The van der Waals surface area contributed by atoms with Gasteiger partial charge in [0.2, 0.25) is 0 Å². The molecular weight excluding hydrogens is 212 g/mol. The summed E-state index contributed by atoms with van der Waals surface area (Å²) >= 11 is 0. The lowest BCUT2D eigenvalue weighted by atomic mass is 10.2. The Morgan fingerprint density at radius 3 is 2.71 bits per heavy atom. The fraction of sp³-hybridized carbons (Fsp3) is 0.455. The van der Waals surface area contributed by atoms with Crippen LogP contribution in [-0.2, 0) is 6.42 Å². The van der Waals surface area contributed by atoms with Crippen LogP contribution >= 0.6 is 21.6 Å². The highest BCUT2D eigenvalue weighted by molar-refractivity contribution is 8.77. The molecule has 0 saturated heterocycles. The van der Waals surface area contributed by atoms with E-state index in [1.807, 2.05) is 6.92 Å². The van der Waals surface area contributed by atoms with Gasteiger partial charge in [-0.05, 0) is 18.1 Å². The predicted molar refractivity (Wildman–Crippen MR) is 65.8 cm³/mol. The van der Waals surface area contributed by atoms with Gasteiger partial charge in [-0.1, -0.05) is 53.6 Å². The van der Waals surface area contributed by atoms with Crippen molar-refractivity contribution in [3.63, 3.8) is 0 Å². The van der Waals surface area contributed by atoms with Gasteiger partial charge in [-0.25, -0.2) is 0 Å². The quantitative estimate of drug-likeness (QED) is 0.780.